The van der Waals surface area contributed by atoms with Gasteiger partial charge in [0.25, 0.3) is 0 Å². The molecule has 0 saturated carbocycles. The molecule has 1 aromatic heterocycles. The molecule has 1 unspecified atom stereocenters. The van der Waals surface area contributed by atoms with E-state index >= 15 is 0 Å². The molecule has 5 nitrogen and oxygen atoms in total. The van der Waals surface area contributed by atoms with Gasteiger partial charge in [0.1, 0.15) is 0 Å². The fourth-order valence-corrected chi connectivity index (χ4v) is 2.34. The molecule has 1 aliphatic rings. The first-order valence-electron chi connectivity index (χ1n) is 6.08. The molecule has 1 aromatic rings. The number of amides is 1. The van der Waals surface area contributed by atoms with Gasteiger partial charge in [-0.25, -0.2) is 0 Å². The predicted molar refractivity (Wildman–Crippen MR) is 64.9 cm³/mol. The molecule has 18 heavy (non-hydrogen) atoms. The van der Waals surface area contributed by atoms with Gasteiger partial charge in [-0.05, 0) is 25.0 Å². The Kier molecular flexibility index (Phi) is 3.92. The van der Waals surface area contributed by atoms with E-state index in [0.29, 0.717) is 6.54 Å². The first kappa shape index (κ1) is 12.5. The van der Waals surface area contributed by atoms with E-state index in [0.717, 1.165) is 18.5 Å². The number of aliphatic carboxylic acids is 1. The normalized spacial score (nSPS) is 18.9. The quantitative estimate of drug-likeness (QED) is 0.865. The number of carboxylic acids is 1. The maximum atomic E-state index is 12.1. The fourth-order valence-electron chi connectivity index (χ4n) is 2.34. The van der Waals surface area contributed by atoms with Crippen molar-refractivity contribution in [3.8, 4) is 0 Å². The molecular weight excluding hydrogens is 232 g/mol. The van der Waals surface area contributed by atoms with Gasteiger partial charge < -0.3 is 10.0 Å². The summed E-state index contributed by atoms with van der Waals surface area (Å²) in [6.07, 6.45) is 3.60. The van der Waals surface area contributed by atoms with Gasteiger partial charge in [-0.1, -0.05) is 6.07 Å². The Hall–Kier alpha value is -1.91. The zero-order chi connectivity index (χ0) is 13.0. The van der Waals surface area contributed by atoms with Crippen molar-refractivity contribution >= 4 is 11.9 Å². The maximum absolute atomic E-state index is 12.1. The molecule has 1 saturated heterocycles. The molecule has 0 bridgehead atoms. The third-order valence-electron chi connectivity index (χ3n) is 3.17. The zero-order valence-electron chi connectivity index (χ0n) is 10.1. The smallest absolute Gasteiger partial charge is 0.305 e. The minimum Gasteiger partial charge on any atom is -0.481 e. The molecule has 1 aliphatic heterocycles. The topological polar surface area (TPSA) is 70.5 Å². The molecule has 1 amide bonds. The molecule has 0 radical (unpaired) electrons. The summed E-state index contributed by atoms with van der Waals surface area (Å²) in [6.45, 7) is 0.656. The summed E-state index contributed by atoms with van der Waals surface area (Å²) in [5, 5.41) is 8.81. The Morgan fingerprint density at radius 3 is 2.94 bits per heavy atom. The van der Waals surface area contributed by atoms with Crippen LogP contribution in [0.25, 0.3) is 0 Å². The largest absolute Gasteiger partial charge is 0.481 e. The van der Waals surface area contributed by atoms with Crippen molar-refractivity contribution in [3.63, 3.8) is 0 Å². The van der Waals surface area contributed by atoms with Crippen LogP contribution in [-0.2, 0) is 16.0 Å². The highest BCUT2D eigenvalue weighted by Gasteiger charge is 2.30. The monoisotopic (exact) mass is 248 g/mol. The number of hydrogen-bond acceptors (Lipinski definition) is 3. The molecule has 5 heteroatoms. The number of nitrogens with zero attached hydrogens (tertiary/aromatic N) is 2. The van der Waals surface area contributed by atoms with Crippen LogP contribution in [0.1, 0.15) is 25.0 Å². The Balaban J connectivity index is 1.98. The zero-order valence-corrected chi connectivity index (χ0v) is 10.1. The van der Waals surface area contributed by atoms with Gasteiger partial charge in [-0.15, -0.1) is 0 Å². The van der Waals surface area contributed by atoms with E-state index in [2.05, 4.69) is 4.98 Å². The molecule has 2 heterocycles. The lowest BCUT2D eigenvalue weighted by atomic mass is 10.1. The molecule has 2 rings (SSSR count). The highest BCUT2D eigenvalue weighted by atomic mass is 16.4. The summed E-state index contributed by atoms with van der Waals surface area (Å²) in [7, 11) is 0. The first-order valence-corrected chi connectivity index (χ1v) is 6.08. The standard InChI is InChI=1S/C13H16N2O3/c16-12(8-10-4-1-2-6-14-10)15-7-3-5-11(15)9-13(17)18/h1-2,4,6,11H,3,5,7-9H2,(H,17,18). The van der Waals surface area contributed by atoms with E-state index in [1.807, 2.05) is 6.07 Å². The summed E-state index contributed by atoms with van der Waals surface area (Å²) >= 11 is 0. The van der Waals surface area contributed by atoms with Crippen LogP contribution >= 0.6 is 0 Å². The molecule has 1 atom stereocenters. The van der Waals surface area contributed by atoms with E-state index in [1.165, 1.54) is 0 Å². The second kappa shape index (κ2) is 5.62. The van der Waals surface area contributed by atoms with Crippen molar-refractivity contribution in [2.75, 3.05) is 6.54 Å². The first-order chi connectivity index (χ1) is 8.66. The number of rotatable bonds is 4. The van der Waals surface area contributed by atoms with Gasteiger partial charge in [0.2, 0.25) is 5.91 Å². The number of hydrogen-bond donors (Lipinski definition) is 1. The summed E-state index contributed by atoms with van der Waals surface area (Å²) < 4.78 is 0. The summed E-state index contributed by atoms with van der Waals surface area (Å²) in [5.74, 6) is -0.880. The van der Waals surface area contributed by atoms with Crippen molar-refractivity contribution in [1.82, 2.24) is 9.88 Å². The van der Waals surface area contributed by atoms with Gasteiger partial charge in [-0.2, -0.15) is 0 Å². The summed E-state index contributed by atoms with van der Waals surface area (Å²) in [4.78, 5) is 28.6. The lowest BCUT2D eigenvalue weighted by Gasteiger charge is -2.23. The number of carboxylic acid groups (broad SMARTS) is 1. The van der Waals surface area contributed by atoms with Crippen molar-refractivity contribution in [1.29, 1.82) is 0 Å². The third kappa shape index (κ3) is 3.06. The van der Waals surface area contributed by atoms with Crippen molar-refractivity contribution in [2.45, 2.75) is 31.7 Å². The van der Waals surface area contributed by atoms with Gasteiger partial charge in [0, 0.05) is 24.5 Å². The minimum atomic E-state index is -0.850. The van der Waals surface area contributed by atoms with Crippen LogP contribution in [0.15, 0.2) is 24.4 Å². The van der Waals surface area contributed by atoms with E-state index < -0.39 is 5.97 Å². The van der Waals surface area contributed by atoms with Crippen LogP contribution in [0.3, 0.4) is 0 Å². The van der Waals surface area contributed by atoms with Crippen LogP contribution in [0.4, 0.5) is 0 Å². The van der Waals surface area contributed by atoms with Gasteiger partial charge in [-0.3, -0.25) is 14.6 Å². The lowest BCUT2D eigenvalue weighted by molar-refractivity contribution is -0.139. The van der Waals surface area contributed by atoms with E-state index in [-0.39, 0.29) is 24.8 Å². The third-order valence-corrected chi connectivity index (χ3v) is 3.17. The molecule has 1 fully saturated rings. The molecule has 96 valence electrons. The van der Waals surface area contributed by atoms with Crippen LogP contribution in [0.2, 0.25) is 0 Å². The van der Waals surface area contributed by atoms with Crippen molar-refractivity contribution < 1.29 is 14.7 Å². The molecule has 0 aliphatic carbocycles. The molecular formula is C13H16N2O3. The number of likely N-dealkylation sites (tertiary alicyclic amines) is 1. The molecule has 1 N–H and O–H groups in total. The van der Waals surface area contributed by atoms with E-state index in [1.54, 1.807) is 23.2 Å². The van der Waals surface area contributed by atoms with Gasteiger partial charge in [0.05, 0.1) is 12.8 Å². The average Bonchev–Trinajstić information content (AvgIpc) is 2.77. The van der Waals surface area contributed by atoms with Gasteiger partial charge >= 0.3 is 5.97 Å². The highest BCUT2D eigenvalue weighted by Crippen LogP contribution is 2.21. The van der Waals surface area contributed by atoms with Crippen molar-refractivity contribution in [2.24, 2.45) is 0 Å². The second-order valence-electron chi connectivity index (χ2n) is 4.48. The minimum absolute atomic E-state index is 0.0301. The average molecular weight is 248 g/mol. The number of pyridine rings is 1. The van der Waals surface area contributed by atoms with E-state index in [9.17, 15) is 9.59 Å². The molecule has 0 spiro atoms. The second-order valence-corrected chi connectivity index (χ2v) is 4.48. The number of carbonyl (C=O) groups excluding carboxylic acids is 1. The fraction of sp³-hybridized carbons (Fsp3) is 0.462. The predicted octanol–water partition coefficient (Wildman–Crippen LogP) is 1.09. The van der Waals surface area contributed by atoms with Crippen LogP contribution in [0.5, 0.6) is 0 Å². The van der Waals surface area contributed by atoms with Crippen molar-refractivity contribution in [3.05, 3.63) is 30.1 Å². The number of carbonyl (C=O) groups is 2. The SMILES string of the molecule is O=C(O)CC1CCCN1C(=O)Cc1ccccn1. The lowest BCUT2D eigenvalue weighted by Crippen LogP contribution is -2.37. The Morgan fingerprint density at radius 2 is 2.28 bits per heavy atom. The number of aromatic nitrogens is 1. The molecule has 0 aromatic carbocycles. The summed E-state index contributed by atoms with van der Waals surface area (Å²) in [6, 6.07) is 5.30. The van der Waals surface area contributed by atoms with Crippen LogP contribution in [0, 0.1) is 0 Å². The van der Waals surface area contributed by atoms with Gasteiger partial charge in [0.15, 0.2) is 0 Å². The Bertz CT molecular complexity index is 433. The Labute approximate surface area is 105 Å². The van der Waals surface area contributed by atoms with Crippen LogP contribution < -0.4 is 0 Å². The Morgan fingerprint density at radius 1 is 1.44 bits per heavy atom. The maximum Gasteiger partial charge on any atom is 0.305 e. The summed E-state index contributed by atoms with van der Waals surface area (Å²) in [5.41, 5.74) is 0.725. The van der Waals surface area contributed by atoms with E-state index in [4.69, 9.17) is 5.11 Å². The highest BCUT2D eigenvalue weighted by molar-refractivity contribution is 5.79. The van der Waals surface area contributed by atoms with Crippen LogP contribution in [-0.4, -0.2) is 39.5 Å².